The van der Waals surface area contributed by atoms with Crippen LogP contribution in [0.15, 0.2) is 83.1 Å². The summed E-state index contributed by atoms with van der Waals surface area (Å²) in [4.78, 5) is 32.1. The monoisotopic (exact) mass is 1010 g/mol. The van der Waals surface area contributed by atoms with Crippen LogP contribution < -0.4 is 42.6 Å². The standard InChI is InChI=1S/C25H25NO8.C23H23NO6.C2H3BrO2/c1-12(2)17-8-15-16(33-17)6-5-13(25(15)32-11-22(27)28)24-23-14-7-19(29-3)20(30-4)9-18(14)31-10-21(23)34-26-24;1-11(2)16-8-14-15(29-16)6-5-12(23(14)25)22-21-13-7-18(26-3)19(27-4)9-17(13)28-10-20(21)30-24-22;3-1-2(4)5/h5-7,9,17,21,23H,1,8,10-11H2,2-4H3,(H,27,28);5-7,9,16,20-21,25H,1,8,10H2,2-4H3;1H2,(H,4,5)/t17-,21?,23?;16-,20?,21?;/m11./s1. The number of aliphatic carboxylic acids is 2. The summed E-state index contributed by atoms with van der Waals surface area (Å²) in [6.45, 7) is 12.0. The van der Waals surface area contributed by atoms with E-state index in [0.29, 0.717) is 100 Å². The summed E-state index contributed by atoms with van der Waals surface area (Å²) in [7, 11) is 6.32. The molecule has 0 saturated carbocycles. The van der Waals surface area contributed by atoms with Crippen LogP contribution in [0.25, 0.3) is 0 Å². The quantitative estimate of drug-likeness (QED) is 0.0932. The van der Waals surface area contributed by atoms with Crippen molar-refractivity contribution in [1.29, 1.82) is 0 Å². The van der Waals surface area contributed by atoms with Crippen LogP contribution in [0, 0.1) is 0 Å². The maximum atomic E-state index is 11.3. The number of phenolic OH excluding ortho intramolecular Hbond substituents is 1. The lowest BCUT2D eigenvalue weighted by molar-refractivity contribution is -0.139. The third-order valence-corrected chi connectivity index (χ3v) is 12.8. The first kappa shape index (κ1) is 48.2. The van der Waals surface area contributed by atoms with Crippen LogP contribution in [-0.2, 0) is 32.1 Å². The van der Waals surface area contributed by atoms with Crippen molar-refractivity contribution < 1.29 is 77.2 Å². The predicted molar refractivity (Wildman–Crippen MR) is 253 cm³/mol. The Morgan fingerprint density at radius 3 is 1.55 bits per heavy atom. The Hall–Kier alpha value is -7.28. The lowest BCUT2D eigenvalue weighted by Crippen LogP contribution is -2.32. The molecule has 6 atom stereocenters. The van der Waals surface area contributed by atoms with Gasteiger partial charge in [-0.3, -0.25) is 4.79 Å². The lowest BCUT2D eigenvalue weighted by Gasteiger charge is -2.28. The molecule has 10 rings (SSSR count). The fourth-order valence-electron chi connectivity index (χ4n) is 8.91. The molecule has 69 heavy (non-hydrogen) atoms. The molecular formula is C50H51BrN2O16. The van der Waals surface area contributed by atoms with Gasteiger partial charge in [-0.05, 0) is 61.4 Å². The fraction of sp³-hybridized carbons (Fsp3) is 0.360. The number of alkyl halides is 1. The molecule has 364 valence electrons. The average molecular weight is 1020 g/mol. The first-order chi connectivity index (χ1) is 33.2. The maximum Gasteiger partial charge on any atom is 0.341 e. The molecule has 0 radical (unpaired) electrons. The number of carbonyl (C=O) groups is 2. The Morgan fingerprint density at radius 1 is 0.667 bits per heavy atom. The molecule has 3 N–H and O–H groups in total. The van der Waals surface area contributed by atoms with E-state index in [9.17, 15) is 19.8 Å². The van der Waals surface area contributed by atoms with E-state index in [-0.39, 0.29) is 47.3 Å². The van der Waals surface area contributed by atoms with Crippen LogP contribution in [0.4, 0.5) is 0 Å². The number of methoxy groups -OCH3 is 4. The van der Waals surface area contributed by atoms with E-state index in [4.69, 9.17) is 57.4 Å². The average Bonchev–Trinajstić information content (AvgIpc) is 4.18. The summed E-state index contributed by atoms with van der Waals surface area (Å²) in [6, 6.07) is 14.7. The topological polar surface area (TPSA) is 221 Å². The summed E-state index contributed by atoms with van der Waals surface area (Å²) in [5, 5.41) is 36.8. The third kappa shape index (κ3) is 9.34. The molecule has 0 amide bonds. The normalized spacial score (nSPS) is 21.3. The van der Waals surface area contributed by atoms with Gasteiger partial charge < -0.3 is 67.6 Å². The molecule has 4 unspecified atom stereocenters. The van der Waals surface area contributed by atoms with Gasteiger partial charge in [-0.25, -0.2) is 4.79 Å². The minimum absolute atomic E-state index is 0.0347. The van der Waals surface area contributed by atoms with Crippen LogP contribution in [0.3, 0.4) is 0 Å². The second kappa shape index (κ2) is 20.1. The van der Waals surface area contributed by atoms with Gasteiger partial charge in [0.2, 0.25) is 0 Å². The number of oxime groups is 2. The van der Waals surface area contributed by atoms with E-state index < -0.39 is 18.5 Å². The summed E-state index contributed by atoms with van der Waals surface area (Å²) >= 11 is 2.71. The molecular weight excluding hydrogens is 964 g/mol. The van der Waals surface area contributed by atoms with Crippen molar-refractivity contribution >= 4 is 39.3 Å². The molecule has 4 aromatic rings. The van der Waals surface area contributed by atoms with Crippen molar-refractivity contribution in [1.82, 2.24) is 0 Å². The summed E-state index contributed by atoms with van der Waals surface area (Å²) < 4.78 is 51.3. The number of halogens is 1. The highest BCUT2D eigenvalue weighted by molar-refractivity contribution is 9.09. The zero-order chi connectivity index (χ0) is 49.3. The minimum atomic E-state index is -1.07. The first-order valence-electron chi connectivity index (χ1n) is 21.7. The second-order valence-electron chi connectivity index (χ2n) is 16.7. The predicted octanol–water partition coefficient (Wildman–Crippen LogP) is 7.36. The lowest BCUT2D eigenvalue weighted by atomic mass is 9.83. The highest BCUT2D eigenvalue weighted by Crippen LogP contribution is 2.50. The van der Waals surface area contributed by atoms with Gasteiger partial charge in [0.15, 0.2) is 41.8 Å². The Balaban J connectivity index is 0.000000171. The van der Waals surface area contributed by atoms with Gasteiger partial charge in [-0.1, -0.05) is 39.4 Å². The molecule has 0 bridgehead atoms. The first-order valence-corrected chi connectivity index (χ1v) is 22.8. The van der Waals surface area contributed by atoms with Gasteiger partial charge in [0.05, 0.1) is 40.3 Å². The molecule has 18 nitrogen and oxygen atoms in total. The number of nitrogens with zero attached hydrogens (tertiary/aromatic N) is 2. The number of carboxylic acids is 2. The molecule has 4 aromatic carbocycles. The number of ether oxygens (including phenoxy) is 9. The third-order valence-electron chi connectivity index (χ3n) is 12.3. The van der Waals surface area contributed by atoms with E-state index in [1.807, 2.05) is 56.3 Å². The maximum absolute atomic E-state index is 11.3. The minimum Gasteiger partial charge on any atom is -0.507 e. The van der Waals surface area contributed by atoms with E-state index in [2.05, 4.69) is 39.4 Å². The molecule has 0 fully saturated rings. The van der Waals surface area contributed by atoms with Crippen molar-refractivity contribution in [3.63, 3.8) is 0 Å². The van der Waals surface area contributed by atoms with E-state index in [1.54, 1.807) is 34.5 Å². The van der Waals surface area contributed by atoms with Gasteiger partial charge in [-0.2, -0.15) is 0 Å². The highest BCUT2D eigenvalue weighted by Gasteiger charge is 2.46. The largest absolute Gasteiger partial charge is 0.507 e. The van der Waals surface area contributed by atoms with Gasteiger partial charge in [0, 0.05) is 58.4 Å². The summed E-state index contributed by atoms with van der Waals surface area (Å²) in [5.41, 5.74) is 7.66. The molecule has 0 saturated heterocycles. The SMILES string of the molecule is C=C(C)[C@H]1Cc2c(ccc(C3=NOC4COc5cc(OC)c(OC)cc5C34)c2O)O1.C=C(C)[C@H]1Cc2c(ccc(C3=NOC4COc5cc(OC)c(OC)cc5C34)c2OCC(=O)O)O1.O=C(O)CBr. The number of phenols is 1. The van der Waals surface area contributed by atoms with Gasteiger partial charge >= 0.3 is 11.9 Å². The second-order valence-corrected chi connectivity index (χ2v) is 17.2. The number of fused-ring (bicyclic) bond motifs is 8. The Morgan fingerprint density at radius 2 is 1.10 bits per heavy atom. The van der Waals surface area contributed by atoms with E-state index >= 15 is 0 Å². The van der Waals surface area contributed by atoms with Gasteiger partial charge in [-0.15, -0.1) is 0 Å². The zero-order valence-electron chi connectivity index (χ0n) is 38.7. The molecule has 6 heterocycles. The number of hydrogen-bond acceptors (Lipinski definition) is 16. The van der Waals surface area contributed by atoms with Crippen LogP contribution in [0.1, 0.15) is 59.1 Å². The molecule has 19 heteroatoms. The summed E-state index contributed by atoms with van der Waals surface area (Å²) in [6.07, 6.45) is 0.152. The number of carboxylic acid groups (broad SMARTS) is 2. The van der Waals surface area contributed by atoms with Crippen molar-refractivity contribution in [3.8, 4) is 57.5 Å². The van der Waals surface area contributed by atoms with Crippen LogP contribution in [-0.4, -0.2) is 117 Å². The number of aromatic hydroxyl groups is 1. The summed E-state index contributed by atoms with van der Waals surface area (Å²) in [5.74, 6) is 3.21. The van der Waals surface area contributed by atoms with Crippen molar-refractivity contribution in [2.24, 2.45) is 10.3 Å². The molecule has 6 aliphatic heterocycles. The fourth-order valence-corrected chi connectivity index (χ4v) is 8.91. The van der Waals surface area contributed by atoms with Crippen molar-refractivity contribution in [2.45, 2.75) is 62.9 Å². The van der Waals surface area contributed by atoms with E-state index in [0.717, 1.165) is 33.4 Å². The zero-order valence-corrected chi connectivity index (χ0v) is 40.2. The Labute approximate surface area is 405 Å². The number of hydrogen-bond donors (Lipinski definition) is 3. The van der Waals surface area contributed by atoms with E-state index in [1.165, 1.54) is 0 Å². The molecule has 6 aliphatic rings. The van der Waals surface area contributed by atoms with Gasteiger partial charge in [0.25, 0.3) is 0 Å². The van der Waals surface area contributed by atoms with Crippen molar-refractivity contribution in [2.75, 3.05) is 53.6 Å². The molecule has 0 aromatic heterocycles. The number of rotatable bonds is 12. The highest BCUT2D eigenvalue weighted by atomic mass is 79.9. The molecule has 0 aliphatic carbocycles. The van der Waals surface area contributed by atoms with Crippen LogP contribution in [0.5, 0.6) is 57.5 Å². The van der Waals surface area contributed by atoms with Gasteiger partial charge in [0.1, 0.15) is 76.7 Å². The smallest absolute Gasteiger partial charge is 0.341 e. The van der Waals surface area contributed by atoms with Crippen molar-refractivity contribution in [3.05, 3.63) is 106 Å². The molecule has 0 spiro atoms. The van der Waals surface area contributed by atoms with Crippen LogP contribution in [0.2, 0.25) is 0 Å². The Kier molecular flexibility index (Phi) is 14.1. The number of benzene rings is 4. The Bertz CT molecular complexity index is 2770. The van der Waals surface area contributed by atoms with Crippen LogP contribution >= 0.6 is 15.9 Å².